The third-order valence-corrected chi connectivity index (χ3v) is 4.88. The van der Waals surface area contributed by atoms with Gasteiger partial charge in [0.1, 0.15) is 0 Å². The number of fused-ring (bicyclic) bond motifs is 2. The van der Waals surface area contributed by atoms with E-state index in [9.17, 15) is 0 Å². The van der Waals surface area contributed by atoms with Crippen LogP contribution in [0, 0.1) is 11.3 Å². The highest BCUT2D eigenvalue weighted by Gasteiger charge is 2.57. The Labute approximate surface area is 102 Å². The third-order valence-electron chi connectivity index (χ3n) is 4.88. The molecule has 1 atom stereocenters. The van der Waals surface area contributed by atoms with Crippen LogP contribution in [0.4, 0.5) is 0 Å². The van der Waals surface area contributed by atoms with Crippen molar-refractivity contribution in [2.45, 2.75) is 39.0 Å². The smallest absolute Gasteiger partial charge is 0.0980 e. The van der Waals surface area contributed by atoms with Crippen LogP contribution in [-0.4, -0.2) is 0 Å². The van der Waals surface area contributed by atoms with Crippen LogP contribution in [0.25, 0.3) is 5.57 Å². The molecule has 0 saturated heterocycles. The Morgan fingerprint density at radius 1 is 1.24 bits per heavy atom. The van der Waals surface area contributed by atoms with Gasteiger partial charge in [0.2, 0.25) is 0 Å². The van der Waals surface area contributed by atoms with E-state index in [1.807, 2.05) is 6.26 Å². The molecule has 1 spiro atoms. The van der Waals surface area contributed by atoms with Gasteiger partial charge < -0.3 is 4.42 Å². The summed E-state index contributed by atoms with van der Waals surface area (Å²) in [4.78, 5) is 0. The van der Waals surface area contributed by atoms with Crippen LogP contribution in [0.2, 0.25) is 0 Å². The Morgan fingerprint density at radius 2 is 2.06 bits per heavy atom. The highest BCUT2D eigenvalue weighted by atomic mass is 16.3. The Balaban J connectivity index is 1.72. The predicted octanol–water partition coefficient (Wildman–Crippen LogP) is 4.57. The van der Waals surface area contributed by atoms with E-state index >= 15 is 0 Å². The molecule has 0 radical (unpaired) electrons. The summed E-state index contributed by atoms with van der Waals surface area (Å²) in [6.45, 7) is 2.35. The Kier molecular flexibility index (Phi) is 1.81. The van der Waals surface area contributed by atoms with Gasteiger partial charge in [0.25, 0.3) is 0 Å². The molecule has 0 bridgehead atoms. The van der Waals surface area contributed by atoms with Crippen LogP contribution in [0.5, 0.6) is 0 Å². The van der Waals surface area contributed by atoms with Crippen molar-refractivity contribution in [2.24, 2.45) is 11.3 Å². The van der Waals surface area contributed by atoms with Crippen molar-refractivity contribution in [3.63, 3.8) is 0 Å². The predicted molar refractivity (Wildman–Crippen MR) is 68.4 cm³/mol. The summed E-state index contributed by atoms with van der Waals surface area (Å²) in [5.41, 5.74) is 6.73. The summed E-state index contributed by atoms with van der Waals surface area (Å²) in [7, 11) is 0. The lowest BCUT2D eigenvalue weighted by Gasteiger charge is -2.29. The van der Waals surface area contributed by atoms with Crippen molar-refractivity contribution in [1.29, 1.82) is 0 Å². The average Bonchev–Trinajstić information content (AvgIpc) is 2.77. The monoisotopic (exact) mass is 226 g/mol. The fraction of sp³-hybridized carbons (Fsp3) is 0.500. The highest BCUT2D eigenvalue weighted by molar-refractivity contribution is 5.92. The van der Waals surface area contributed by atoms with Crippen molar-refractivity contribution in [1.82, 2.24) is 0 Å². The van der Waals surface area contributed by atoms with Gasteiger partial charge in [-0.3, -0.25) is 0 Å². The summed E-state index contributed by atoms with van der Waals surface area (Å²) < 4.78 is 5.24. The quantitative estimate of drug-likeness (QED) is 0.683. The number of allylic oxidation sites excluding steroid dienone is 4. The van der Waals surface area contributed by atoms with Gasteiger partial charge in [0, 0.05) is 11.0 Å². The van der Waals surface area contributed by atoms with Crippen LogP contribution in [0.15, 0.2) is 40.2 Å². The van der Waals surface area contributed by atoms with Crippen molar-refractivity contribution in [3.8, 4) is 0 Å². The van der Waals surface area contributed by atoms with E-state index in [0.717, 1.165) is 0 Å². The Morgan fingerprint density at radius 3 is 2.76 bits per heavy atom. The molecule has 1 aromatic heterocycles. The van der Waals surface area contributed by atoms with Crippen molar-refractivity contribution >= 4 is 5.57 Å². The summed E-state index contributed by atoms with van der Waals surface area (Å²) in [5, 5.41) is 0. The zero-order valence-electron chi connectivity index (χ0n) is 10.3. The largest absolute Gasteiger partial charge is 0.472 e. The molecule has 0 amide bonds. The van der Waals surface area contributed by atoms with Crippen LogP contribution in [0.1, 0.15) is 44.6 Å². The van der Waals surface area contributed by atoms with E-state index in [-0.39, 0.29) is 0 Å². The van der Waals surface area contributed by atoms with Crippen LogP contribution in [0.3, 0.4) is 0 Å². The molecule has 17 heavy (non-hydrogen) atoms. The number of hydrogen-bond acceptors (Lipinski definition) is 1. The van der Waals surface area contributed by atoms with E-state index in [0.29, 0.717) is 11.3 Å². The van der Waals surface area contributed by atoms with Crippen molar-refractivity contribution < 1.29 is 4.42 Å². The molecule has 3 aliphatic rings. The minimum Gasteiger partial charge on any atom is -0.472 e. The maximum Gasteiger partial charge on any atom is 0.0980 e. The minimum absolute atomic E-state index is 0.527. The Hall–Kier alpha value is -1.24. The molecule has 0 N–H and O–H groups in total. The Bertz CT molecular complexity index is 510. The second kappa shape index (κ2) is 3.16. The van der Waals surface area contributed by atoms with Gasteiger partial charge in [-0.05, 0) is 41.5 Å². The molecular weight excluding hydrogens is 208 g/mol. The van der Waals surface area contributed by atoms with Crippen LogP contribution >= 0.6 is 0 Å². The van der Waals surface area contributed by atoms with E-state index < -0.39 is 0 Å². The fourth-order valence-electron chi connectivity index (χ4n) is 4.20. The third kappa shape index (κ3) is 1.15. The molecule has 3 aliphatic carbocycles. The van der Waals surface area contributed by atoms with E-state index in [1.54, 1.807) is 17.4 Å². The number of rotatable bonds is 1. The molecule has 88 valence electrons. The first-order valence-corrected chi connectivity index (χ1v) is 6.83. The zero-order valence-corrected chi connectivity index (χ0v) is 10.3. The standard InChI is InChI=1S/C16H18O/c1-11-9-13(12-5-8-17-10-12)15-14(11)16(15)6-3-2-4-7-16/h5,8-11H,2-4,6-7H2,1H3. The van der Waals surface area contributed by atoms with E-state index in [2.05, 4.69) is 19.1 Å². The normalized spacial score (nSPS) is 29.5. The van der Waals surface area contributed by atoms with Gasteiger partial charge in [-0.2, -0.15) is 0 Å². The zero-order chi connectivity index (χ0) is 11.5. The molecule has 0 aliphatic heterocycles. The van der Waals surface area contributed by atoms with Gasteiger partial charge in [0.05, 0.1) is 12.5 Å². The number of furan rings is 1. The summed E-state index contributed by atoms with van der Waals surface area (Å²) >= 11 is 0. The van der Waals surface area contributed by atoms with Crippen LogP contribution in [-0.2, 0) is 0 Å². The molecule has 1 fully saturated rings. The van der Waals surface area contributed by atoms with E-state index in [1.165, 1.54) is 43.2 Å². The molecule has 1 aromatic rings. The van der Waals surface area contributed by atoms with Crippen molar-refractivity contribution in [3.05, 3.63) is 41.4 Å². The molecule has 1 heterocycles. The van der Waals surface area contributed by atoms with Gasteiger partial charge >= 0.3 is 0 Å². The van der Waals surface area contributed by atoms with Gasteiger partial charge in [-0.25, -0.2) is 0 Å². The van der Waals surface area contributed by atoms with Crippen molar-refractivity contribution in [2.75, 3.05) is 0 Å². The van der Waals surface area contributed by atoms with E-state index in [4.69, 9.17) is 4.42 Å². The molecule has 1 saturated carbocycles. The van der Waals surface area contributed by atoms with Gasteiger partial charge in [-0.15, -0.1) is 0 Å². The lowest BCUT2D eigenvalue weighted by molar-refractivity contribution is 0.343. The molecule has 1 unspecified atom stereocenters. The molecule has 1 heteroatoms. The van der Waals surface area contributed by atoms with Gasteiger partial charge in [-0.1, -0.05) is 32.3 Å². The second-order valence-electron chi connectivity index (χ2n) is 5.81. The van der Waals surface area contributed by atoms with Gasteiger partial charge in [0.15, 0.2) is 0 Å². The fourth-order valence-corrected chi connectivity index (χ4v) is 4.20. The SMILES string of the molecule is CC1C=C(c2ccoc2)C2=C1C21CCCCC1. The maximum atomic E-state index is 5.24. The lowest BCUT2D eigenvalue weighted by Crippen LogP contribution is -2.17. The summed E-state index contributed by atoms with van der Waals surface area (Å²) in [6, 6.07) is 2.10. The molecule has 4 rings (SSSR count). The lowest BCUT2D eigenvalue weighted by atomic mass is 9.75. The topological polar surface area (TPSA) is 13.1 Å². The first-order chi connectivity index (χ1) is 8.33. The number of hydrogen-bond donors (Lipinski definition) is 0. The molecular formula is C16H18O. The molecule has 1 nitrogen and oxygen atoms in total. The first-order valence-electron chi connectivity index (χ1n) is 6.83. The average molecular weight is 226 g/mol. The minimum atomic E-state index is 0.527. The highest BCUT2D eigenvalue weighted by Crippen LogP contribution is 2.70. The first kappa shape index (κ1) is 9.76. The summed E-state index contributed by atoms with van der Waals surface area (Å²) in [5.74, 6) is 0.660. The maximum absolute atomic E-state index is 5.24. The summed E-state index contributed by atoms with van der Waals surface area (Å²) in [6.07, 6.45) is 13.2. The van der Waals surface area contributed by atoms with Crippen LogP contribution < -0.4 is 0 Å². The molecule has 0 aromatic carbocycles. The second-order valence-corrected chi connectivity index (χ2v) is 5.81.